The Morgan fingerprint density at radius 3 is 2.78 bits per heavy atom. The summed E-state index contributed by atoms with van der Waals surface area (Å²) in [6.07, 6.45) is 2.28. The fourth-order valence-corrected chi connectivity index (χ4v) is 4.69. The number of carbonyl (C=O) groups excluding carboxylic acids is 1. The number of hydrogen-bond acceptors (Lipinski definition) is 8. The van der Waals surface area contributed by atoms with Crippen molar-refractivity contribution in [2.45, 2.75) is 32.9 Å². The molecule has 2 aliphatic rings. The van der Waals surface area contributed by atoms with Crippen LogP contribution < -0.4 is 20.4 Å². The number of fused-ring (bicyclic) bond motifs is 1. The molecule has 1 fully saturated rings. The molecule has 0 bridgehead atoms. The minimum atomic E-state index is -0.233. The predicted molar refractivity (Wildman–Crippen MR) is 140 cm³/mol. The zero-order valence-electron chi connectivity index (χ0n) is 20.4. The number of nitrogens with one attached hydrogen (secondary N) is 2. The molecule has 4 heterocycles. The summed E-state index contributed by atoms with van der Waals surface area (Å²) in [4.78, 5) is 34.8. The Bertz CT molecular complexity index is 1240. The first kappa shape index (κ1) is 24.2. The van der Waals surface area contributed by atoms with Gasteiger partial charge in [0.05, 0.1) is 31.5 Å². The van der Waals surface area contributed by atoms with Gasteiger partial charge in [-0.05, 0) is 44.5 Å². The van der Waals surface area contributed by atoms with E-state index in [2.05, 4.69) is 37.3 Å². The second-order valence-electron chi connectivity index (χ2n) is 8.85. The maximum absolute atomic E-state index is 11.9. The lowest BCUT2D eigenvalue weighted by atomic mass is 10.0. The molecule has 1 saturated heterocycles. The quantitative estimate of drug-likeness (QED) is 0.504. The first-order chi connectivity index (χ1) is 17.5. The maximum atomic E-state index is 11.9. The predicted octanol–water partition coefficient (Wildman–Crippen LogP) is 3.52. The van der Waals surface area contributed by atoms with Crippen LogP contribution in [-0.2, 0) is 17.7 Å². The highest BCUT2D eigenvalue weighted by atomic mass is 35.5. The van der Waals surface area contributed by atoms with Crippen molar-refractivity contribution >= 4 is 35.0 Å². The standard InChI is InChI=1S/C25H29ClN8O2/c1-3-27-25(35)30-18-6-4-17(5-7-18)23-31-20-13-33(22-12-21(26)28-15-29-22)9-8-19(20)24(32-23)34-10-11-36-14-16(34)2/h4-7,12,15-16H,3,8-11,13-14H2,1-2H3,(H2,27,30,35)/t16-/m0/s1. The molecule has 2 aromatic heterocycles. The number of benzene rings is 1. The Balaban J connectivity index is 1.50. The van der Waals surface area contributed by atoms with Crippen LogP contribution in [0.2, 0.25) is 5.15 Å². The van der Waals surface area contributed by atoms with Crippen LogP contribution in [0.5, 0.6) is 0 Å². The molecule has 1 aromatic carbocycles. The molecule has 3 aromatic rings. The second-order valence-corrected chi connectivity index (χ2v) is 9.23. The first-order valence-corrected chi connectivity index (χ1v) is 12.5. The monoisotopic (exact) mass is 508 g/mol. The Kier molecular flexibility index (Phi) is 7.15. The van der Waals surface area contributed by atoms with Crippen molar-refractivity contribution in [3.05, 3.63) is 53.1 Å². The average molecular weight is 509 g/mol. The van der Waals surface area contributed by atoms with Crippen LogP contribution in [-0.4, -0.2) is 64.9 Å². The van der Waals surface area contributed by atoms with Crippen LogP contribution in [0.3, 0.4) is 0 Å². The normalized spacial score (nSPS) is 17.5. The fourth-order valence-electron chi connectivity index (χ4n) is 4.55. The summed E-state index contributed by atoms with van der Waals surface area (Å²) in [6, 6.07) is 9.34. The summed E-state index contributed by atoms with van der Waals surface area (Å²) >= 11 is 6.12. The first-order valence-electron chi connectivity index (χ1n) is 12.1. The van der Waals surface area contributed by atoms with Crippen LogP contribution in [0, 0.1) is 0 Å². The summed E-state index contributed by atoms with van der Waals surface area (Å²) in [5.41, 5.74) is 3.72. The largest absolute Gasteiger partial charge is 0.377 e. The molecule has 0 unspecified atom stereocenters. The lowest BCUT2D eigenvalue weighted by Gasteiger charge is -2.38. The van der Waals surface area contributed by atoms with E-state index in [0.717, 1.165) is 42.4 Å². The van der Waals surface area contributed by atoms with E-state index in [9.17, 15) is 4.79 Å². The van der Waals surface area contributed by atoms with Gasteiger partial charge >= 0.3 is 6.03 Å². The van der Waals surface area contributed by atoms with Crippen LogP contribution in [0.1, 0.15) is 25.1 Å². The van der Waals surface area contributed by atoms with Crippen molar-refractivity contribution in [2.75, 3.05) is 48.0 Å². The van der Waals surface area contributed by atoms with Gasteiger partial charge in [0.1, 0.15) is 23.1 Å². The molecule has 0 saturated carbocycles. The summed E-state index contributed by atoms with van der Waals surface area (Å²) < 4.78 is 5.68. The van der Waals surface area contributed by atoms with Crippen LogP contribution >= 0.6 is 11.6 Å². The van der Waals surface area contributed by atoms with E-state index in [1.54, 1.807) is 6.07 Å². The van der Waals surface area contributed by atoms with Crippen molar-refractivity contribution in [3.63, 3.8) is 0 Å². The van der Waals surface area contributed by atoms with Gasteiger partial charge in [0, 0.05) is 42.5 Å². The molecule has 2 aliphatic heterocycles. The third-order valence-corrected chi connectivity index (χ3v) is 6.57. The van der Waals surface area contributed by atoms with E-state index < -0.39 is 0 Å². The molecule has 5 rings (SSSR count). The van der Waals surface area contributed by atoms with Crippen LogP contribution in [0.25, 0.3) is 11.4 Å². The Labute approximate surface area is 215 Å². The molecule has 2 N–H and O–H groups in total. The highest BCUT2D eigenvalue weighted by molar-refractivity contribution is 6.29. The van der Waals surface area contributed by atoms with Crippen molar-refractivity contribution in [2.24, 2.45) is 0 Å². The zero-order valence-corrected chi connectivity index (χ0v) is 21.1. The number of halogens is 1. The molecule has 0 aliphatic carbocycles. The van der Waals surface area contributed by atoms with Gasteiger partial charge in [0.25, 0.3) is 0 Å². The maximum Gasteiger partial charge on any atom is 0.319 e. The van der Waals surface area contributed by atoms with E-state index in [-0.39, 0.29) is 12.1 Å². The molecular formula is C25H29ClN8O2. The number of rotatable bonds is 5. The highest BCUT2D eigenvalue weighted by Crippen LogP contribution is 2.33. The van der Waals surface area contributed by atoms with Gasteiger partial charge in [-0.25, -0.2) is 24.7 Å². The van der Waals surface area contributed by atoms with Gasteiger partial charge in [-0.2, -0.15) is 0 Å². The lowest BCUT2D eigenvalue weighted by Crippen LogP contribution is -2.45. The van der Waals surface area contributed by atoms with Gasteiger partial charge in [-0.3, -0.25) is 0 Å². The van der Waals surface area contributed by atoms with Crippen LogP contribution in [0.15, 0.2) is 36.7 Å². The van der Waals surface area contributed by atoms with E-state index in [1.165, 1.54) is 11.9 Å². The Morgan fingerprint density at radius 1 is 1.19 bits per heavy atom. The van der Waals surface area contributed by atoms with Gasteiger partial charge < -0.3 is 25.2 Å². The van der Waals surface area contributed by atoms with Gasteiger partial charge in [0.15, 0.2) is 5.82 Å². The molecule has 0 spiro atoms. The van der Waals surface area contributed by atoms with E-state index >= 15 is 0 Å². The fraction of sp³-hybridized carbons (Fsp3) is 0.400. The third-order valence-electron chi connectivity index (χ3n) is 6.36. The molecular weight excluding hydrogens is 480 g/mol. The topological polar surface area (TPSA) is 108 Å². The Morgan fingerprint density at radius 2 is 2.03 bits per heavy atom. The summed E-state index contributed by atoms with van der Waals surface area (Å²) in [7, 11) is 0. The number of amides is 2. The van der Waals surface area contributed by atoms with Crippen molar-refractivity contribution in [1.29, 1.82) is 0 Å². The van der Waals surface area contributed by atoms with Crippen molar-refractivity contribution < 1.29 is 9.53 Å². The molecule has 11 heteroatoms. The molecule has 36 heavy (non-hydrogen) atoms. The number of urea groups is 1. The molecule has 0 radical (unpaired) electrons. The zero-order chi connectivity index (χ0) is 25.1. The van der Waals surface area contributed by atoms with E-state index in [0.29, 0.717) is 43.0 Å². The molecule has 10 nitrogen and oxygen atoms in total. The minimum Gasteiger partial charge on any atom is -0.377 e. The third kappa shape index (κ3) is 5.19. The van der Waals surface area contributed by atoms with Gasteiger partial charge in [0.2, 0.25) is 0 Å². The van der Waals surface area contributed by atoms with Crippen molar-refractivity contribution in [3.8, 4) is 11.4 Å². The van der Waals surface area contributed by atoms with Gasteiger partial charge in [-0.15, -0.1) is 0 Å². The number of morpholine rings is 1. The lowest BCUT2D eigenvalue weighted by molar-refractivity contribution is 0.0984. The minimum absolute atomic E-state index is 0.216. The Hall–Kier alpha value is -3.50. The number of aromatic nitrogens is 4. The summed E-state index contributed by atoms with van der Waals surface area (Å²) in [5.74, 6) is 2.40. The van der Waals surface area contributed by atoms with Crippen LogP contribution in [0.4, 0.5) is 22.1 Å². The number of anilines is 3. The number of hydrogen-bond donors (Lipinski definition) is 2. The van der Waals surface area contributed by atoms with Crippen molar-refractivity contribution in [1.82, 2.24) is 25.3 Å². The van der Waals surface area contributed by atoms with Gasteiger partial charge in [-0.1, -0.05) is 11.6 Å². The smallest absolute Gasteiger partial charge is 0.319 e. The van der Waals surface area contributed by atoms with E-state index in [1.807, 2.05) is 31.2 Å². The molecule has 2 amide bonds. The average Bonchev–Trinajstić information content (AvgIpc) is 2.88. The summed E-state index contributed by atoms with van der Waals surface area (Å²) in [6.45, 7) is 8.11. The second kappa shape index (κ2) is 10.6. The molecule has 188 valence electrons. The SMILES string of the molecule is CCNC(=O)Nc1ccc(-c2nc3c(c(N4CCOC[C@@H]4C)n2)CCN(c2cc(Cl)ncn2)C3)cc1. The number of carbonyl (C=O) groups is 1. The summed E-state index contributed by atoms with van der Waals surface area (Å²) in [5, 5.41) is 5.97. The van der Waals surface area contributed by atoms with E-state index in [4.69, 9.17) is 26.3 Å². The number of ether oxygens (including phenoxy) is 1. The molecule has 1 atom stereocenters. The highest BCUT2D eigenvalue weighted by Gasteiger charge is 2.29. The number of nitrogens with zero attached hydrogens (tertiary/aromatic N) is 6.